The highest BCUT2D eigenvalue weighted by atomic mass is 19.1. The minimum Gasteiger partial charge on any atom is -0.493 e. The Morgan fingerprint density at radius 3 is 2.79 bits per heavy atom. The molecule has 0 aliphatic heterocycles. The monoisotopic (exact) mass is 197 g/mol. The summed E-state index contributed by atoms with van der Waals surface area (Å²) in [6, 6.07) is 5.64. The zero-order valence-electron chi connectivity index (χ0n) is 7.46. The Balaban J connectivity index is 2.63. The smallest absolute Gasteiger partial charge is 0.144 e. The Morgan fingerprint density at radius 2 is 2.21 bits per heavy atom. The van der Waals surface area contributed by atoms with E-state index >= 15 is 0 Å². The van der Waals surface area contributed by atoms with Crippen molar-refractivity contribution in [1.82, 2.24) is 0 Å². The van der Waals surface area contributed by atoms with Crippen LogP contribution in [0.5, 0.6) is 5.75 Å². The van der Waals surface area contributed by atoms with Crippen LogP contribution < -0.4 is 4.74 Å². The van der Waals surface area contributed by atoms with Gasteiger partial charge in [-0.3, -0.25) is 4.39 Å². The van der Waals surface area contributed by atoms with Crippen LogP contribution in [-0.4, -0.2) is 13.3 Å². The average molecular weight is 197 g/mol. The summed E-state index contributed by atoms with van der Waals surface area (Å²) in [4.78, 5) is 0. The first-order chi connectivity index (χ1) is 6.77. The maximum Gasteiger partial charge on any atom is 0.144 e. The van der Waals surface area contributed by atoms with E-state index in [0.717, 1.165) is 6.07 Å². The second-order valence-electron chi connectivity index (χ2n) is 2.64. The third-order valence-electron chi connectivity index (χ3n) is 1.61. The van der Waals surface area contributed by atoms with Crippen LogP contribution in [0.2, 0.25) is 0 Å². The summed E-state index contributed by atoms with van der Waals surface area (Å²) in [7, 11) is 0. The van der Waals surface area contributed by atoms with Crippen LogP contribution in [0.25, 0.3) is 0 Å². The molecule has 0 spiro atoms. The summed E-state index contributed by atoms with van der Waals surface area (Å²) < 4.78 is 29.7. The first-order valence-corrected chi connectivity index (χ1v) is 4.16. The summed E-state index contributed by atoms with van der Waals surface area (Å²) in [5.41, 5.74) is -0.0251. The third-order valence-corrected chi connectivity index (χ3v) is 1.61. The predicted molar refractivity (Wildman–Crippen MR) is 47.2 cm³/mol. The molecule has 1 aromatic carbocycles. The summed E-state index contributed by atoms with van der Waals surface area (Å²) in [6.07, 6.45) is 0.279. The van der Waals surface area contributed by atoms with Gasteiger partial charge in [0.2, 0.25) is 0 Å². The number of nitriles is 1. The van der Waals surface area contributed by atoms with Gasteiger partial charge in [-0.25, -0.2) is 4.39 Å². The van der Waals surface area contributed by atoms with Gasteiger partial charge >= 0.3 is 0 Å². The van der Waals surface area contributed by atoms with E-state index in [1.54, 1.807) is 6.07 Å². The van der Waals surface area contributed by atoms with E-state index in [-0.39, 0.29) is 18.6 Å². The number of halogens is 2. The molecule has 74 valence electrons. The normalized spacial score (nSPS) is 9.50. The molecule has 0 aliphatic carbocycles. The number of hydrogen-bond donors (Lipinski definition) is 0. The summed E-state index contributed by atoms with van der Waals surface area (Å²) in [5, 5.41) is 8.44. The number of ether oxygens (including phenoxy) is 1. The maximum atomic E-state index is 13.0. The quantitative estimate of drug-likeness (QED) is 0.694. The molecule has 0 N–H and O–H groups in total. The van der Waals surface area contributed by atoms with E-state index in [2.05, 4.69) is 0 Å². The van der Waals surface area contributed by atoms with Crippen molar-refractivity contribution in [1.29, 1.82) is 5.26 Å². The number of rotatable bonds is 4. The Labute approximate surface area is 80.7 Å². The van der Waals surface area contributed by atoms with Gasteiger partial charge in [-0.1, -0.05) is 0 Å². The van der Waals surface area contributed by atoms with Crippen molar-refractivity contribution >= 4 is 0 Å². The molecule has 0 atom stereocenters. The summed E-state index contributed by atoms with van der Waals surface area (Å²) >= 11 is 0. The number of alkyl halides is 1. The van der Waals surface area contributed by atoms with Gasteiger partial charge in [0.15, 0.2) is 0 Å². The van der Waals surface area contributed by atoms with Crippen molar-refractivity contribution in [2.45, 2.75) is 6.42 Å². The average Bonchev–Trinajstić information content (AvgIpc) is 2.18. The fourth-order valence-electron chi connectivity index (χ4n) is 0.921. The standard InChI is InChI=1S/C10H9F2NO/c11-4-1-5-14-9-3-2-8(7-13)10(12)6-9/h2-3,6H,1,4-5H2. The van der Waals surface area contributed by atoms with Gasteiger partial charge in [0.05, 0.1) is 18.8 Å². The van der Waals surface area contributed by atoms with Crippen LogP contribution in [0.1, 0.15) is 12.0 Å². The van der Waals surface area contributed by atoms with Gasteiger partial charge in [-0.05, 0) is 12.1 Å². The van der Waals surface area contributed by atoms with Gasteiger partial charge in [0.1, 0.15) is 17.6 Å². The van der Waals surface area contributed by atoms with E-state index in [1.807, 2.05) is 0 Å². The highest BCUT2D eigenvalue weighted by Crippen LogP contribution is 2.15. The van der Waals surface area contributed by atoms with E-state index in [1.165, 1.54) is 12.1 Å². The largest absolute Gasteiger partial charge is 0.493 e. The molecule has 0 saturated heterocycles. The molecule has 0 fully saturated rings. The molecule has 1 aromatic rings. The molecule has 1 rings (SSSR count). The lowest BCUT2D eigenvalue weighted by Gasteiger charge is -2.04. The molecule has 0 heterocycles. The minimum absolute atomic E-state index is 0.0251. The topological polar surface area (TPSA) is 33.0 Å². The van der Waals surface area contributed by atoms with Crippen LogP contribution >= 0.6 is 0 Å². The minimum atomic E-state index is -0.620. The number of hydrogen-bond acceptors (Lipinski definition) is 2. The van der Waals surface area contributed by atoms with Gasteiger partial charge in [-0.15, -0.1) is 0 Å². The van der Waals surface area contributed by atoms with Gasteiger partial charge in [0.25, 0.3) is 0 Å². The zero-order chi connectivity index (χ0) is 10.4. The molecule has 0 radical (unpaired) electrons. The second-order valence-corrected chi connectivity index (χ2v) is 2.64. The third kappa shape index (κ3) is 2.70. The van der Waals surface area contributed by atoms with E-state index < -0.39 is 12.5 Å². The molecule has 2 nitrogen and oxygen atoms in total. The van der Waals surface area contributed by atoms with E-state index in [4.69, 9.17) is 10.00 Å². The zero-order valence-corrected chi connectivity index (χ0v) is 7.46. The van der Waals surface area contributed by atoms with Crippen molar-refractivity contribution in [2.24, 2.45) is 0 Å². The molecular weight excluding hydrogens is 188 g/mol. The molecule has 14 heavy (non-hydrogen) atoms. The fourth-order valence-corrected chi connectivity index (χ4v) is 0.921. The van der Waals surface area contributed by atoms with Crippen molar-refractivity contribution < 1.29 is 13.5 Å². The molecule has 4 heteroatoms. The Bertz CT molecular complexity index is 346. The lowest BCUT2D eigenvalue weighted by molar-refractivity contribution is 0.288. The molecule has 0 bridgehead atoms. The van der Waals surface area contributed by atoms with Crippen LogP contribution in [0.15, 0.2) is 18.2 Å². The van der Waals surface area contributed by atoms with Crippen molar-refractivity contribution in [2.75, 3.05) is 13.3 Å². The van der Waals surface area contributed by atoms with E-state index in [9.17, 15) is 8.78 Å². The van der Waals surface area contributed by atoms with Crippen molar-refractivity contribution in [3.8, 4) is 11.8 Å². The van der Waals surface area contributed by atoms with Crippen molar-refractivity contribution in [3.05, 3.63) is 29.6 Å². The fraction of sp³-hybridized carbons (Fsp3) is 0.300. The maximum absolute atomic E-state index is 13.0. The predicted octanol–water partition coefficient (Wildman–Crippen LogP) is 2.44. The van der Waals surface area contributed by atoms with Crippen LogP contribution in [0.3, 0.4) is 0 Å². The Hall–Kier alpha value is -1.63. The lowest BCUT2D eigenvalue weighted by atomic mass is 10.2. The highest BCUT2D eigenvalue weighted by Gasteiger charge is 2.02. The second kappa shape index (κ2) is 5.18. The van der Waals surface area contributed by atoms with Crippen molar-refractivity contribution in [3.63, 3.8) is 0 Å². The molecule has 0 saturated carbocycles. The van der Waals surface area contributed by atoms with E-state index in [0.29, 0.717) is 5.75 Å². The first kappa shape index (κ1) is 10.5. The van der Waals surface area contributed by atoms with Gasteiger partial charge < -0.3 is 4.74 Å². The molecule has 0 amide bonds. The Kier molecular flexibility index (Phi) is 3.86. The van der Waals surface area contributed by atoms with Gasteiger partial charge in [0, 0.05) is 12.5 Å². The molecule has 0 aromatic heterocycles. The first-order valence-electron chi connectivity index (χ1n) is 4.16. The summed E-state index contributed by atoms with van der Waals surface area (Å²) in [6.45, 7) is -0.249. The summed E-state index contributed by atoms with van der Waals surface area (Å²) in [5.74, 6) is -0.305. The number of nitrogens with zero attached hydrogens (tertiary/aromatic N) is 1. The van der Waals surface area contributed by atoms with Crippen LogP contribution in [0.4, 0.5) is 8.78 Å². The number of benzene rings is 1. The molecular formula is C10H9F2NO. The van der Waals surface area contributed by atoms with Crippen LogP contribution in [-0.2, 0) is 0 Å². The van der Waals surface area contributed by atoms with Crippen LogP contribution in [0, 0.1) is 17.1 Å². The van der Waals surface area contributed by atoms with Gasteiger partial charge in [-0.2, -0.15) is 5.26 Å². The molecule has 0 unspecified atom stereocenters. The SMILES string of the molecule is N#Cc1ccc(OCCCF)cc1F. The Morgan fingerprint density at radius 1 is 1.43 bits per heavy atom. The highest BCUT2D eigenvalue weighted by molar-refractivity contribution is 5.36. The lowest BCUT2D eigenvalue weighted by Crippen LogP contribution is -1.98. The molecule has 0 aliphatic rings.